The summed E-state index contributed by atoms with van der Waals surface area (Å²) in [7, 11) is 0. The van der Waals surface area contributed by atoms with Crippen LogP contribution in [0.5, 0.6) is 0 Å². The first kappa shape index (κ1) is 24.4. The topological polar surface area (TPSA) is 0 Å². The average Bonchev–Trinajstić information content (AvgIpc) is 3.52. The fraction of sp³-hybridized carbons (Fsp3) is 0.533. The molecule has 0 aromatic carbocycles. The van der Waals surface area contributed by atoms with Crippen LogP contribution in [0.2, 0.25) is 0 Å². The van der Waals surface area contributed by atoms with Gasteiger partial charge in [0, 0.05) is 0 Å². The second kappa shape index (κ2) is 11.5. The highest BCUT2D eigenvalue weighted by molar-refractivity contribution is 5.56. The van der Waals surface area contributed by atoms with E-state index in [0.29, 0.717) is 11.8 Å². The maximum atomic E-state index is 4.50. The van der Waals surface area contributed by atoms with Crippen molar-refractivity contribution < 1.29 is 0 Å². The third-order valence-electron chi connectivity index (χ3n) is 6.84. The molecule has 0 spiro atoms. The summed E-state index contributed by atoms with van der Waals surface area (Å²) in [6.07, 6.45) is 18.9. The Kier molecular flexibility index (Phi) is 9.40. The molecule has 0 heteroatoms. The predicted molar refractivity (Wildman–Crippen MR) is 136 cm³/mol. The molecule has 1 fully saturated rings. The van der Waals surface area contributed by atoms with Gasteiger partial charge in [0.2, 0.25) is 0 Å². The summed E-state index contributed by atoms with van der Waals surface area (Å²) in [6, 6.07) is 0. The minimum Gasteiger partial charge on any atom is -0.103 e. The summed E-state index contributed by atoms with van der Waals surface area (Å²) in [5.41, 5.74) is 9.58. The van der Waals surface area contributed by atoms with E-state index in [9.17, 15) is 0 Å². The van der Waals surface area contributed by atoms with Crippen molar-refractivity contribution in [1.29, 1.82) is 0 Å². The van der Waals surface area contributed by atoms with E-state index in [1.54, 1.807) is 0 Å². The Balaban J connectivity index is 2.00. The fourth-order valence-electron chi connectivity index (χ4n) is 4.49. The van der Waals surface area contributed by atoms with E-state index in [1.807, 2.05) is 6.08 Å². The molecule has 0 saturated heterocycles. The highest BCUT2D eigenvalue weighted by Gasteiger charge is 2.22. The monoisotopic (exact) mass is 404 g/mol. The molecule has 30 heavy (non-hydrogen) atoms. The van der Waals surface area contributed by atoms with Crippen molar-refractivity contribution in [3.63, 3.8) is 0 Å². The molecule has 0 heterocycles. The molecule has 2 rings (SSSR count). The van der Waals surface area contributed by atoms with Crippen molar-refractivity contribution in [2.45, 2.75) is 86.0 Å². The molecule has 2 atom stereocenters. The van der Waals surface area contributed by atoms with Crippen LogP contribution in [0.25, 0.3) is 0 Å². The van der Waals surface area contributed by atoms with Crippen molar-refractivity contribution in [3.8, 4) is 0 Å². The van der Waals surface area contributed by atoms with Gasteiger partial charge in [-0.1, -0.05) is 80.9 Å². The zero-order chi connectivity index (χ0) is 22.3. The average molecular weight is 405 g/mol. The van der Waals surface area contributed by atoms with Crippen LogP contribution < -0.4 is 0 Å². The lowest BCUT2D eigenvalue weighted by Gasteiger charge is -2.28. The molecule has 0 bridgehead atoms. The van der Waals surface area contributed by atoms with Gasteiger partial charge in [0.05, 0.1) is 0 Å². The summed E-state index contributed by atoms with van der Waals surface area (Å²) in [4.78, 5) is 0. The highest BCUT2D eigenvalue weighted by Crippen LogP contribution is 2.39. The third kappa shape index (κ3) is 7.46. The molecule has 0 aliphatic heterocycles. The van der Waals surface area contributed by atoms with E-state index in [-0.39, 0.29) is 0 Å². The smallest absolute Gasteiger partial charge is 0.00609 e. The molecule has 164 valence electrons. The van der Waals surface area contributed by atoms with Crippen LogP contribution in [0.1, 0.15) is 86.0 Å². The Morgan fingerprint density at radius 1 is 1.17 bits per heavy atom. The summed E-state index contributed by atoms with van der Waals surface area (Å²) in [5.74, 6) is 2.03. The van der Waals surface area contributed by atoms with Crippen molar-refractivity contribution in [2.75, 3.05) is 0 Å². The standard InChI is InChI=1S/C30H44/c1-9-10-11-23(4)29-19-25(6)30(26(7)20-29)27(8)24(5)18-22(3)13-12-21(2)14-15-28-16-17-28/h9,12-13,20,23-24,28H,1,6,8,10-11,14-19H2,2-5,7H3/b21-12+,22-13+. The maximum absolute atomic E-state index is 4.50. The first-order valence-electron chi connectivity index (χ1n) is 11.9. The number of hydrogen-bond acceptors (Lipinski definition) is 0. The Morgan fingerprint density at radius 3 is 2.43 bits per heavy atom. The Hall–Kier alpha value is -1.82. The van der Waals surface area contributed by atoms with Gasteiger partial charge in [-0.25, -0.2) is 0 Å². The van der Waals surface area contributed by atoms with E-state index in [2.05, 4.69) is 72.6 Å². The lowest BCUT2D eigenvalue weighted by Crippen LogP contribution is -2.11. The quantitative estimate of drug-likeness (QED) is 0.224. The minimum absolute atomic E-state index is 0.427. The molecule has 2 aliphatic carbocycles. The molecule has 0 radical (unpaired) electrons. The molecule has 2 unspecified atom stereocenters. The summed E-state index contributed by atoms with van der Waals surface area (Å²) < 4.78 is 0. The van der Waals surface area contributed by atoms with E-state index in [1.165, 1.54) is 71.1 Å². The zero-order valence-electron chi connectivity index (χ0n) is 20.3. The van der Waals surface area contributed by atoms with Crippen LogP contribution in [-0.2, 0) is 0 Å². The molecular formula is C30H44. The second-order valence-corrected chi connectivity index (χ2v) is 9.96. The zero-order valence-corrected chi connectivity index (χ0v) is 20.3. The van der Waals surface area contributed by atoms with Gasteiger partial charge in [0.25, 0.3) is 0 Å². The SMILES string of the molecule is C=CCCC(C)C1=CC(C)=C(C(=C)C(C)C/C(C)=C/C=C(\C)CCC2CC2)C(=C)C1. The summed E-state index contributed by atoms with van der Waals surface area (Å²) in [6.45, 7) is 24.2. The summed E-state index contributed by atoms with van der Waals surface area (Å²) >= 11 is 0. The molecular weight excluding hydrogens is 360 g/mol. The second-order valence-electron chi connectivity index (χ2n) is 9.96. The fourth-order valence-corrected chi connectivity index (χ4v) is 4.49. The Morgan fingerprint density at radius 2 is 1.83 bits per heavy atom. The Labute approximate surface area is 186 Å². The van der Waals surface area contributed by atoms with Crippen LogP contribution in [0.4, 0.5) is 0 Å². The third-order valence-corrected chi connectivity index (χ3v) is 6.84. The van der Waals surface area contributed by atoms with Gasteiger partial charge >= 0.3 is 0 Å². The van der Waals surface area contributed by atoms with E-state index < -0.39 is 0 Å². The van der Waals surface area contributed by atoms with Gasteiger partial charge in [-0.05, 0) is 99.3 Å². The number of rotatable bonds is 12. The lowest BCUT2D eigenvalue weighted by atomic mass is 9.77. The van der Waals surface area contributed by atoms with Gasteiger partial charge in [-0.15, -0.1) is 6.58 Å². The molecule has 0 amide bonds. The molecule has 1 saturated carbocycles. The first-order chi connectivity index (χ1) is 14.2. The van der Waals surface area contributed by atoms with Crippen LogP contribution in [0, 0.1) is 17.8 Å². The largest absolute Gasteiger partial charge is 0.103 e. The van der Waals surface area contributed by atoms with Crippen molar-refractivity contribution >= 4 is 0 Å². The van der Waals surface area contributed by atoms with Gasteiger partial charge in [-0.2, -0.15) is 0 Å². The van der Waals surface area contributed by atoms with Gasteiger partial charge in [0.1, 0.15) is 0 Å². The maximum Gasteiger partial charge on any atom is -0.00609 e. The van der Waals surface area contributed by atoms with E-state index in [0.717, 1.165) is 25.2 Å². The molecule has 0 aromatic rings. The van der Waals surface area contributed by atoms with Gasteiger partial charge < -0.3 is 0 Å². The van der Waals surface area contributed by atoms with Crippen LogP contribution in [0.3, 0.4) is 0 Å². The van der Waals surface area contributed by atoms with E-state index in [4.69, 9.17) is 0 Å². The van der Waals surface area contributed by atoms with Gasteiger partial charge in [0.15, 0.2) is 0 Å². The number of allylic oxidation sites excluding steroid dienone is 11. The predicted octanol–water partition coefficient (Wildman–Crippen LogP) is 9.46. The van der Waals surface area contributed by atoms with E-state index >= 15 is 0 Å². The van der Waals surface area contributed by atoms with Crippen molar-refractivity contribution in [1.82, 2.24) is 0 Å². The molecule has 0 aromatic heterocycles. The lowest BCUT2D eigenvalue weighted by molar-refractivity contribution is 0.603. The van der Waals surface area contributed by atoms with Crippen LogP contribution in [0.15, 0.2) is 83.1 Å². The Bertz CT molecular complexity index is 773. The number of hydrogen-bond donors (Lipinski definition) is 0. The van der Waals surface area contributed by atoms with Gasteiger partial charge in [-0.3, -0.25) is 0 Å². The highest BCUT2D eigenvalue weighted by atomic mass is 14.3. The van der Waals surface area contributed by atoms with Crippen LogP contribution in [-0.4, -0.2) is 0 Å². The molecule has 0 nitrogen and oxygen atoms in total. The van der Waals surface area contributed by atoms with Crippen molar-refractivity contribution in [2.24, 2.45) is 17.8 Å². The van der Waals surface area contributed by atoms with Crippen LogP contribution >= 0.6 is 0 Å². The summed E-state index contributed by atoms with van der Waals surface area (Å²) in [5, 5.41) is 0. The normalized spacial score (nSPS) is 20.2. The first-order valence-corrected chi connectivity index (χ1v) is 11.9. The minimum atomic E-state index is 0.427. The van der Waals surface area contributed by atoms with Crippen molar-refractivity contribution in [3.05, 3.63) is 83.1 Å². The molecule has 2 aliphatic rings. The molecule has 0 N–H and O–H groups in total.